The number of anilines is 1. The lowest BCUT2D eigenvalue weighted by Gasteiger charge is -2.16. The van der Waals surface area contributed by atoms with Crippen LogP contribution in [0.2, 0.25) is 0 Å². The minimum Gasteiger partial charge on any atom is -0.324 e. The van der Waals surface area contributed by atoms with E-state index in [9.17, 15) is 9.18 Å². The molecule has 0 aliphatic heterocycles. The smallest absolute Gasteiger partial charge is 0.241 e. The molecular formula is C11H14FIN2O. The molecule has 3 N–H and O–H groups in total. The predicted octanol–water partition coefficient (Wildman–Crippen LogP) is 2.35. The van der Waals surface area contributed by atoms with Gasteiger partial charge in [-0.15, -0.1) is 0 Å². The van der Waals surface area contributed by atoms with Gasteiger partial charge in [0.25, 0.3) is 0 Å². The topological polar surface area (TPSA) is 55.1 Å². The molecule has 0 saturated heterocycles. The van der Waals surface area contributed by atoms with E-state index >= 15 is 0 Å². The number of halogens is 2. The van der Waals surface area contributed by atoms with E-state index in [1.54, 1.807) is 0 Å². The summed E-state index contributed by atoms with van der Waals surface area (Å²) in [7, 11) is 0. The molecular weight excluding hydrogens is 322 g/mol. The van der Waals surface area contributed by atoms with E-state index < -0.39 is 6.04 Å². The quantitative estimate of drug-likeness (QED) is 0.833. The maximum Gasteiger partial charge on any atom is 0.241 e. The monoisotopic (exact) mass is 336 g/mol. The molecule has 0 spiro atoms. The van der Waals surface area contributed by atoms with Gasteiger partial charge in [-0.25, -0.2) is 4.39 Å². The van der Waals surface area contributed by atoms with Crippen LogP contribution in [0.25, 0.3) is 0 Å². The fraction of sp³-hybridized carbons (Fsp3) is 0.364. The highest BCUT2D eigenvalue weighted by atomic mass is 127. The molecule has 0 fully saturated rings. The number of nitrogens with two attached hydrogens (primary N) is 1. The van der Waals surface area contributed by atoms with E-state index in [0.717, 1.165) is 0 Å². The number of benzene rings is 1. The lowest BCUT2D eigenvalue weighted by molar-refractivity contribution is -0.118. The molecule has 1 aromatic rings. The average Bonchev–Trinajstić information content (AvgIpc) is 2.20. The van der Waals surface area contributed by atoms with E-state index in [0.29, 0.717) is 9.26 Å². The Balaban J connectivity index is 2.77. The summed E-state index contributed by atoms with van der Waals surface area (Å²) in [6.07, 6.45) is 0. The minimum atomic E-state index is -0.555. The van der Waals surface area contributed by atoms with Gasteiger partial charge in [-0.3, -0.25) is 4.79 Å². The highest BCUT2D eigenvalue weighted by Crippen LogP contribution is 2.19. The van der Waals surface area contributed by atoms with Crippen LogP contribution in [0.4, 0.5) is 10.1 Å². The Kier molecular flexibility index (Phi) is 4.67. The largest absolute Gasteiger partial charge is 0.324 e. The van der Waals surface area contributed by atoms with Crippen molar-refractivity contribution >= 4 is 34.2 Å². The maximum atomic E-state index is 12.8. The molecule has 3 nitrogen and oxygen atoms in total. The Morgan fingerprint density at radius 3 is 2.62 bits per heavy atom. The number of rotatable bonds is 3. The third kappa shape index (κ3) is 3.41. The van der Waals surface area contributed by atoms with Crippen molar-refractivity contribution in [3.63, 3.8) is 0 Å². The highest BCUT2D eigenvalue weighted by molar-refractivity contribution is 14.1. The molecule has 0 aromatic heterocycles. The second kappa shape index (κ2) is 5.58. The van der Waals surface area contributed by atoms with Crippen molar-refractivity contribution in [3.8, 4) is 0 Å². The number of hydrogen-bond donors (Lipinski definition) is 2. The van der Waals surface area contributed by atoms with Gasteiger partial charge in [0.15, 0.2) is 0 Å². The summed E-state index contributed by atoms with van der Waals surface area (Å²) in [5.74, 6) is -0.506. The molecule has 1 aromatic carbocycles. The average molecular weight is 336 g/mol. The third-order valence-electron chi connectivity index (χ3n) is 2.21. The van der Waals surface area contributed by atoms with E-state index in [2.05, 4.69) is 5.32 Å². The Morgan fingerprint density at radius 2 is 2.12 bits per heavy atom. The number of nitrogens with one attached hydrogen (secondary N) is 1. The third-order valence-corrected chi connectivity index (χ3v) is 3.10. The molecule has 1 atom stereocenters. The molecule has 88 valence electrons. The second-order valence-electron chi connectivity index (χ2n) is 3.88. The van der Waals surface area contributed by atoms with Crippen molar-refractivity contribution in [2.45, 2.75) is 19.9 Å². The van der Waals surface area contributed by atoms with Crippen molar-refractivity contribution in [1.29, 1.82) is 0 Å². The first-order valence-corrected chi connectivity index (χ1v) is 6.01. The summed E-state index contributed by atoms with van der Waals surface area (Å²) in [6.45, 7) is 3.75. The van der Waals surface area contributed by atoms with Crippen molar-refractivity contribution < 1.29 is 9.18 Å². The Morgan fingerprint density at radius 1 is 1.50 bits per heavy atom. The number of carbonyl (C=O) groups excluding carboxylic acids is 1. The van der Waals surface area contributed by atoms with Crippen molar-refractivity contribution in [3.05, 3.63) is 27.6 Å². The van der Waals surface area contributed by atoms with Crippen LogP contribution < -0.4 is 11.1 Å². The number of amides is 1. The van der Waals surface area contributed by atoms with Crippen LogP contribution in [0.3, 0.4) is 0 Å². The van der Waals surface area contributed by atoms with Gasteiger partial charge in [0.05, 0.1) is 11.7 Å². The molecule has 0 radical (unpaired) electrons. The summed E-state index contributed by atoms with van der Waals surface area (Å²) >= 11 is 1.96. The van der Waals surface area contributed by atoms with Crippen LogP contribution in [0.1, 0.15) is 13.8 Å². The fourth-order valence-corrected chi connectivity index (χ4v) is 1.72. The lowest BCUT2D eigenvalue weighted by atomic mass is 10.1. The van der Waals surface area contributed by atoms with Gasteiger partial charge in [0.2, 0.25) is 5.91 Å². The van der Waals surface area contributed by atoms with E-state index in [4.69, 9.17) is 5.73 Å². The second-order valence-corrected chi connectivity index (χ2v) is 5.05. The lowest BCUT2D eigenvalue weighted by Crippen LogP contribution is -2.39. The maximum absolute atomic E-state index is 12.8. The van der Waals surface area contributed by atoms with Crippen LogP contribution in [0.15, 0.2) is 18.2 Å². The standard InChI is InChI=1S/C11H14FIN2O/c1-6(2)10(14)11(16)15-9-4-3-7(12)5-8(9)13/h3-6,10H,14H2,1-2H3,(H,15,16)/t10-/m1/s1. The van der Waals surface area contributed by atoms with Crippen LogP contribution >= 0.6 is 22.6 Å². The Labute approximate surface area is 108 Å². The summed E-state index contributed by atoms with van der Waals surface area (Å²) in [4.78, 5) is 11.7. The number of carbonyl (C=O) groups is 1. The zero-order valence-electron chi connectivity index (χ0n) is 9.13. The van der Waals surface area contributed by atoms with E-state index in [1.165, 1.54) is 18.2 Å². The Hall–Kier alpha value is -0.690. The molecule has 1 amide bonds. The van der Waals surface area contributed by atoms with Crippen LogP contribution in [-0.4, -0.2) is 11.9 Å². The molecule has 0 aliphatic rings. The minimum absolute atomic E-state index is 0.0677. The molecule has 0 bridgehead atoms. The SMILES string of the molecule is CC(C)[C@@H](N)C(=O)Nc1ccc(F)cc1I. The first kappa shape index (κ1) is 13.4. The van der Waals surface area contributed by atoms with Crippen molar-refractivity contribution in [2.75, 3.05) is 5.32 Å². The Bertz CT molecular complexity index is 396. The fourth-order valence-electron chi connectivity index (χ4n) is 1.11. The zero-order valence-corrected chi connectivity index (χ0v) is 11.3. The van der Waals surface area contributed by atoms with E-state index in [1.807, 2.05) is 36.4 Å². The summed E-state index contributed by atoms with van der Waals surface area (Å²) in [6, 6.07) is 3.64. The zero-order chi connectivity index (χ0) is 12.3. The molecule has 0 saturated carbocycles. The van der Waals surface area contributed by atoms with E-state index in [-0.39, 0.29) is 17.6 Å². The molecule has 0 unspecified atom stereocenters. The molecule has 0 aliphatic carbocycles. The van der Waals surface area contributed by atoms with Gasteiger partial charge in [0, 0.05) is 3.57 Å². The molecule has 5 heteroatoms. The van der Waals surface area contributed by atoms with Gasteiger partial charge in [-0.2, -0.15) is 0 Å². The van der Waals surface area contributed by atoms with Crippen LogP contribution in [0, 0.1) is 15.3 Å². The first-order chi connectivity index (χ1) is 7.41. The van der Waals surface area contributed by atoms with Gasteiger partial charge in [-0.05, 0) is 46.7 Å². The molecule has 0 heterocycles. The predicted molar refractivity (Wildman–Crippen MR) is 70.6 cm³/mol. The summed E-state index contributed by atoms with van der Waals surface area (Å²) in [5, 5.41) is 2.68. The van der Waals surface area contributed by atoms with Gasteiger partial charge < -0.3 is 11.1 Å². The number of hydrogen-bond acceptors (Lipinski definition) is 2. The molecule has 16 heavy (non-hydrogen) atoms. The van der Waals surface area contributed by atoms with Gasteiger partial charge in [0.1, 0.15) is 5.82 Å². The normalized spacial score (nSPS) is 12.6. The van der Waals surface area contributed by atoms with Crippen molar-refractivity contribution in [2.24, 2.45) is 11.7 Å². The highest BCUT2D eigenvalue weighted by Gasteiger charge is 2.17. The summed E-state index contributed by atoms with van der Waals surface area (Å²) in [5.41, 5.74) is 6.29. The molecule has 1 rings (SSSR count). The van der Waals surface area contributed by atoms with Crippen molar-refractivity contribution in [1.82, 2.24) is 0 Å². The van der Waals surface area contributed by atoms with Crippen LogP contribution in [-0.2, 0) is 4.79 Å². The van der Waals surface area contributed by atoms with Gasteiger partial charge in [-0.1, -0.05) is 13.8 Å². The van der Waals surface area contributed by atoms with Crippen LogP contribution in [0.5, 0.6) is 0 Å². The first-order valence-electron chi connectivity index (χ1n) is 4.93. The summed E-state index contributed by atoms with van der Waals surface area (Å²) < 4.78 is 13.5. The van der Waals surface area contributed by atoms with Gasteiger partial charge >= 0.3 is 0 Å².